The maximum Gasteiger partial charge on any atom is 0.223 e. The van der Waals surface area contributed by atoms with E-state index in [4.69, 9.17) is 4.42 Å². The lowest BCUT2D eigenvalue weighted by Crippen LogP contribution is -2.40. The Bertz CT molecular complexity index is 412. The van der Waals surface area contributed by atoms with Crippen LogP contribution in [0.1, 0.15) is 38.4 Å². The Morgan fingerprint density at radius 1 is 1.50 bits per heavy atom. The van der Waals surface area contributed by atoms with Crippen LogP contribution in [-0.4, -0.2) is 11.9 Å². The Morgan fingerprint density at radius 2 is 2.39 bits per heavy atom. The van der Waals surface area contributed by atoms with Gasteiger partial charge in [-0.3, -0.25) is 4.79 Å². The Kier molecular flexibility index (Phi) is 3.14. The molecule has 0 aromatic carbocycles. The molecule has 3 rings (SSSR count). The van der Waals surface area contributed by atoms with Crippen LogP contribution in [0.25, 0.3) is 0 Å². The molecule has 2 aliphatic rings. The summed E-state index contributed by atoms with van der Waals surface area (Å²) in [7, 11) is 0. The lowest BCUT2D eigenvalue weighted by molar-refractivity contribution is -0.127. The van der Waals surface area contributed by atoms with Gasteiger partial charge in [-0.1, -0.05) is 6.42 Å². The van der Waals surface area contributed by atoms with Gasteiger partial charge in [-0.25, -0.2) is 0 Å². The van der Waals surface area contributed by atoms with Gasteiger partial charge in [0, 0.05) is 18.4 Å². The molecule has 0 unspecified atom stereocenters. The zero-order valence-electron chi connectivity index (χ0n) is 10.9. The van der Waals surface area contributed by atoms with E-state index in [0.717, 1.165) is 24.5 Å². The van der Waals surface area contributed by atoms with Gasteiger partial charge >= 0.3 is 0 Å². The fourth-order valence-corrected chi connectivity index (χ4v) is 3.70. The summed E-state index contributed by atoms with van der Waals surface area (Å²) in [5, 5.41) is 3.15. The van der Waals surface area contributed by atoms with E-state index < -0.39 is 0 Å². The number of carbonyl (C=O) groups excluding carboxylic acids is 1. The molecule has 1 N–H and O–H groups in total. The number of hydrogen-bond donors (Lipinski definition) is 1. The number of rotatable bonds is 4. The number of amides is 1. The summed E-state index contributed by atoms with van der Waals surface area (Å²) in [6, 6.07) is 4.00. The van der Waals surface area contributed by atoms with E-state index in [1.54, 1.807) is 6.26 Å². The van der Waals surface area contributed by atoms with Crippen LogP contribution in [0.5, 0.6) is 0 Å². The first-order chi connectivity index (χ1) is 8.72. The van der Waals surface area contributed by atoms with E-state index in [1.165, 1.54) is 19.3 Å². The lowest BCUT2D eigenvalue weighted by Gasteiger charge is -2.23. The molecule has 0 aliphatic heterocycles. The first-order valence-corrected chi connectivity index (χ1v) is 7.05. The molecule has 18 heavy (non-hydrogen) atoms. The lowest BCUT2D eigenvalue weighted by atomic mass is 9.88. The normalized spacial score (nSPS) is 31.5. The van der Waals surface area contributed by atoms with E-state index in [1.807, 2.05) is 19.1 Å². The Labute approximate surface area is 108 Å². The molecule has 1 heterocycles. The van der Waals surface area contributed by atoms with Crippen molar-refractivity contribution >= 4 is 5.91 Å². The fourth-order valence-electron chi connectivity index (χ4n) is 3.70. The molecule has 0 saturated heterocycles. The average Bonchev–Trinajstić information content (AvgIpc) is 3.04. The van der Waals surface area contributed by atoms with Crippen LogP contribution in [0.2, 0.25) is 0 Å². The summed E-state index contributed by atoms with van der Waals surface area (Å²) < 4.78 is 5.31. The Morgan fingerprint density at radius 3 is 3.00 bits per heavy atom. The topological polar surface area (TPSA) is 42.2 Å². The van der Waals surface area contributed by atoms with Gasteiger partial charge in [-0.2, -0.15) is 0 Å². The van der Waals surface area contributed by atoms with Crippen molar-refractivity contribution in [1.82, 2.24) is 5.32 Å². The van der Waals surface area contributed by atoms with Crippen molar-refractivity contribution in [2.24, 2.45) is 17.8 Å². The van der Waals surface area contributed by atoms with Crippen molar-refractivity contribution in [2.45, 2.75) is 45.1 Å². The third-order valence-electron chi connectivity index (χ3n) is 4.55. The molecule has 2 saturated carbocycles. The number of furan rings is 1. The molecule has 2 fully saturated rings. The fraction of sp³-hybridized carbons (Fsp3) is 0.667. The van der Waals surface area contributed by atoms with Crippen LogP contribution in [0.4, 0.5) is 0 Å². The van der Waals surface area contributed by atoms with Crippen LogP contribution >= 0.6 is 0 Å². The van der Waals surface area contributed by atoms with Gasteiger partial charge in [0.15, 0.2) is 0 Å². The van der Waals surface area contributed by atoms with Crippen molar-refractivity contribution < 1.29 is 9.21 Å². The molecular weight excluding hydrogens is 226 g/mol. The largest absolute Gasteiger partial charge is 0.469 e. The molecular formula is C15H21NO2. The molecule has 0 spiro atoms. The quantitative estimate of drug-likeness (QED) is 0.889. The van der Waals surface area contributed by atoms with Crippen LogP contribution in [-0.2, 0) is 11.2 Å². The second-order valence-corrected chi connectivity index (χ2v) is 5.97. The second-order valence-electron chi connectivity index (χ2n) is 5.97. The van der Waals surface area contributed by atoms with Gasteiger partial charge in [-0.15, -0.1) is 0 Å². The first-order valence-electron chi connectivity index (χ1n) is 7.05. The smallest absolute Gasteiger partial charge is 0.223 e. The average molecular weight is 247 g/mol. The van der Waals surface area contributed by atoms with Gasteiger partial charge in [0.2, 0.25) is 5.91 Å². The molecule has 1 amide bonds. The summed E-state index contributed by atoms with van der Waals surface area (Å²) >= 11 is 0. The van der Waals surface area contributed by atoms with Crippen LogP contribution in [0.3, 0.4) is 0 Å². The third kappa shape index (κ3) is 2.31. The number of nitrogens with one attached hydrogen (secondary N) is 1. The summed E-state index contributed by atoms with van der Waals surface area (Å²) in [6.07, 6.45) is 7.46. The highest BCUT2D eigenvalue weighted by molar-refractivity contribution is 5.79. The van der Waals surface area contributed by atoms with Crippen molar-refractivity contribution in [3.8, 4) is 0 Å². The predicted octanol–water partition coefficient (Wildman–Crippen LogP) is 2.76. The molecule has 3 heteroatoms. The van der Waals surface area contributed by atoms with Crippen molar-refractivity contribution in [2.75, 3.05) is 0 Å². The molecule has 1 aromatic rings. The van der Waals surface area contributed by atoms with E-state index in [0.29, 0.717) is 5.92 Å². The molecule has 2 aliphatic carbocycles. The Balaban J connectivity index is 1.51. The molecule has 1 aromatic heterocycles. The predicted molar refractivity (Wildman–Crippen MR) is 69.0 cm³/mol. The van der Waals surface area contributed by atoms with E-state index in [2.05, 4.69) is 5.32 Å². The number of carbonyl (C=O) groups is 1. The summed E-state index contributed by atoms with van der Waals surface area (Å²) in [6.45, 7) is 2.05. The molecule has 98 valence electrons. The number of hydrogen-bond acceptors (Lipinski definition) is 2. The first kappa shape index (κ1) is 11.8. The molecule has 4 atom stereocenters. The maximum absolute atomic E-state index is 12.2. The van der Waals surface area contributed by atoms with E-state index in [9.17, 15) is 4.79 Å². The van der Waals surface area contributed by atoms with Crippen LogP contribution in [0.15, 0.2) is 22.8 Å². The van der Waals surface area contributed by atoms with E-state index >= 15 is 0 Å². The maximum atomic E-state index is 12.2. The van der Waals surface area contributed by atoms with Gasteiger partial charge in [-0.05, 0) is 50.2 Å². The summed E-state index contributed by atoms with van der Waals surface area (Å²) in [5.41, 5.74) is 0. The van der Waals surface area contributed by atoms with Gasteiger partial charge in [0.05, 0.1) is 6.26 Å². The Hall–Kier alpha value is -1.25. The van der Waals surface area contributed by atoms with Gasteiger partial charge in [0.25, 0.3) is 0 Å². The van der Waals surface area contributed by atoms with Crippen LogP contribution < -0.4 is 5.32 Å². The molecule has 0 radical (unpaired) electrons. The molecule has 3 nitrogen and oxygen atoms in total. The minimum absolute atomic E-state index is 0.155. The SMILES string of the molecule is C[C@@H](Cc1ccco1)NC(=O)[C@@H]1C[C@H]2CC[C@H]1C2. The van der Waals surface area contributed by atoms with Gasteiger partial charge < -0.3 is 9.73 Å². The van der Waals surface area contributed by atoms with Crippen molar-refractivity contribution in [3.05, 3.63) is 24.2 Å². The number of fused-ring (bicyclic) bond motifs is 2. The molecule has 2 bridgehead atoms. The third-order valence-corrected chi connectivity index (χ3v) is 4.55. The second kappa shape index (κ2) is 4.79. The summed E-state index contributed by atoms with van der Waals surface area (Å²) in [5.74, 6) is 2.97. The zero-order valence-corrected chi connectivity index (χ0v) is 10.9. The minimum atomic E-state index is 0.155. The van der Waals surface area contributed by atoms with Crippen molar-refractivity contribution in [1.29, 1.82) is 0 Å². The minimum Gasteiger partial charge on any atom is -0.469 e. The monoisotopic (exact) mass is 247 g/mol. The highest BCUT2D eigenvalue weighted by Gasteiger charge is 2.43. The van der Waals surface area contributed by atoms with E-state index in [-0.39, 0.29) is 17.9 Å². The highest BCUT2D eigenvalue weighted by atomic mass is 16.3. The standard InChI is InChI=1S/C15H21NO2/c1-10(7-13-3-2-6-18-13)16-15(17)14-9-11-4-5-12(14)8-11/h2-3,6,10-12,14H,4-5,7-9H2,1H3,(H,16,17)/t10-,11-,12-,14+/m0/s1. The van der Waals surface area contributed by atoms with Gasteiger partial charge in [0.1, 0.15) is 5.76 Å². The van der Waals surface area contributed by atoms with Crippen molar-refractivity contribution in [3.63, 3.8) is 0 Å². The highest BCUT2D eigenvalue weighted by Crippen LogP contribution is 2.48. The van der Waals surface area contributed by atoms with Crippen LogP contribution in [0, 0.1) is 17.8 Å². The zero-order chi connectivity index (χ0) is 12.5. The summed E-state index contributed by atoms with van der Waals surface area (Å²) in [4.78, 5) is 12.2.